The van der Waals surface area contributed by atoms with E-state index in [0.29, 0.717) is 12.8 Å². The Hall–Kier alpha value is -1.58. The zero-order valence-electron chi connectivity index (χ0n) is 15.2. The first-order chi connectivity index (χ1) is 11.6. The molecule has 2 saturated carbocycles. The van der Waals surface area contributed by atoms with Crippen molar-refractivity contribution in [3.05, 3.63) is 23.3 Å². The lowest BCUT2D eigenvalue weighted by Gasteiger charge is -2.24. The lowest BCUT2D eigenvalue weighted by atomic mass is 9.84. The molecule has 2 fully saturated rings. The van der Waals surface area contributed by atoms with Crippen LogP contribution in [0.25, 0.3) is 0 Å². The van der Waals surface area contributed by atoms with Gasteiger partial charge in [0.05, 0.1) is 13.2 Å². The van der Waals surface area contributed by atoms with Crippen LogP contribution < -0.4 is 0 Å². The van der Waals surface area contributed by atoms with E-state index in [0.717, 1.165) is 18.4 Å². The van der Waals surface area contributed by atoms with E-state index in [1.807, 2.05) is 13.0 Å². The zero-order valence-corrected chi connectivity index (χ0v) is 15.2. The van der Waals surface area contributed by atoms with Crippen molar-refractivity contribution in [3.63, 3.8) is 0 Å². The van der Waals surface area contributed by atoms with Crippen molar-refractivity contribution in [2.45, 2.75) is 65.7 Å². The summed E-state index contributed by atoms with van der Waals surface area (Å²) in [5.74, 6) is -0.739. The van der Waals surface area contributed by atoms with E-state index in [9.17, 15) is 9.59 Å². The van der Waals surface area contributed by atoms with E-state index in [-0.39, 0.29) is 19.1 Å². The number of rotatable bonds is 5. The maximum Gasteiger partial charge on any atom is 0.323 e. The van der Waals surface area contributed by atoms with Crippen molar-refractivity contribution in [2.75, 3.05) is 13.2 Å². The summed E-state index contributed by atoms with van der Waals surface area (Å²) < 4.78 is 10.5. The average molecular weight is 334 g/mol. The molecule has 0 heterocycles. The van der Waals surface area contributed by atoms with E-state index in [4.69, 9.17) is 9.47 Å². The van der Waals surface area contributed by atoms with Crippen LogP contribution in [0.2, 0.25) is 0 Å². The number of hydrogen-bond donors (Lipinski definition) is 0. The highest BCUT2D eigenvalue weighted by atomic mass is 16.6. The highest BCUT2D eigenvalue weighted by molar-refractivity contribution is 6.01. The quantitative estimate of drug-likeness (QED) is 0.426. The topological polar surface area (TPSA) is 52.6 Å². The molecule has 0 aromatic carbocycles. The Morgan fingerprint density at radius 2 is 1.67 bits per heavy atom. The normalized spacial score (nSPS) is 24.7. The average Bonchev–Trinajstić information content (AvgIpc) is 2.96. The van der Waals surface area contributed by atoms with Gasteiger partial charge >= 0.3 is 11.9 Å². The van der Waals surface area contributed by atoms with Gasteiger partial charge in [0.1, 0.15) is 0 Å². The maximum atomic E-state index is 12.6. The molecule has 4 heteroatoms. The second-order valence-corrected chi connectivity index (χ2v) is 6.76. The van der Waals surface area contributed by atoms with E-state index < -0.39 is 17.4 Å². The van der Waals surface area contributed by atoms with Gasteiger partial charge in [-0.05, 0) is 65.2 Å². The van der Waals surface area contributed by atoms with Crippen molar-refractivity contribution in [1.82, 2.24) is 0 Å². The third kappa shape index (κ3) is 3.90. The zero-order chi connectivity index (χ0) is 17.6. The molecule has 0 aromatic heterocycles. The van der Waals surface area contributed by atoms with Crippen LogP contribution in [0.5, 0.6) is 0 Å². The van der Waals surface area contributed by atoms with Crippen LogP contribution in [-0.2, 0) is 19.1 Å². The lowest BCUT2D eigenvalue weighted by Crippen LogP contribution is -2.40. The van der Waals surface area contributed by atoms with Crippen LogP contribution in [-0.4, -0.2) is 25.2 Å². The summed E-state index contributed by atoms with van der Waals surface area (Å²) in [5, 5.41) is 0. The van der Waals surface area contributed by atoms with Gasteiger partial charge in [-0.25, -0.2) is 0 Å². The van der Waals surface area contributed by atoms with Crippen LogP contribution >= 0.6 is 0 Å². The predicted molar refractivity (Wildman–Crippen MR) is 93.3 cm³/mol. The Bertz CT molecular complexity index is 504. The Labute approximate surface area is 145 Å². The van der Waals surface area contributed by atoms with Gasteiger partial charge in [-0.15, -0.1) is 0 Å². The molecule has 134 valence electrons. The third-order valence-electron chi connectivity index (χ3n) is 5.19. The molecule has 0 radical (unpaired) electrons. The Morgan fingerprint density at radius 1 is 1.08 bits per heavy atom. The summed E-state index contributed by atoms with van der Waals surface area (Å²) in [7, 11) is 0. The highest BCUT2D eigenvalue weighted by Gasteiger charge is 2.55. The van der Waals surface area contributed by atoms with Crippen molar-refractivity contribution < 1.29 is 19.1 Å². The molecule has 2 aliphatic carbocycles. The Balaban J connectivity index is 2.29. The Kier molecular flexibility index (Phi) is 6.64. The SMILES string of the molecule is C/C=C1\CC(C(=O)OCC)(C(=O)OCC)CC1C=C1CCCCC1. The fraction of sp³-hybridized carbons (Fsp3) is 0.700. The minimum absolute atomic E-state index is 0.136. The van der Waals surface area contributed by atoms with Gasteiger partial charge in [0.25, 0.3) is 0 Å². The number of carbonyl (C=O) groups is 2. The second kappa shape index (κ2) is 8.50. The molecule has 0 saturated heterocycles. The van der Waals surface area contributed by atoms with E-state index in [1.165, 1.54) is 24.8 Å². The molecular formula is C20H30O4. The van der Waals surface area contributed by atoms with Gasteiger partial charge in [-0.2, -0.15) is 0 Å². The molecule has 0 aliphatic heterocycles. The number of ether oxygens (including phenoxy) is 2. The lowest BCUT2D eigenvalue weighted by molar-refractivity contribution is -0.171. The molecule has 4 nitrogen and oxygen atoms in total. The molecule has 0 bridgehead atoms. The first-order valence-corrected chi connectivity index (χ1v) is 9.26. The summed E-state index contributed by atoms with van der Waals surface area (Å²) in [4.78, 5) is 25.2. The molecule has 0 spiro atoms. The van der Waals surface area contributed by atoms with Gasteiger partial charge in [-0.3, -0.25) is 9.59 Å². The summed E-state index contributed by atoms with van der Waals surface area (Å²) >= 11 is 0. The molecule has 0 N–H and O–H groups in total. The Morgan fingerprint density at radius 3 is 2.17 bits per heavy atom. The molecule has 2 rings (SSSR count). The predicted octanol–water partition coefficient (Wildman–Crippen LogP) is 4.35. The molecular weight excluding hydrogens is 304 g/mol. The fourth-order valence-electron chi connectivity index (χ4n) is 3.93. The van der Waals surface area contributed by atoms with Gasteiger partial charge < -0.3 is 9.47 Å². The van der Waals surface area contributed by atoms with E-state index in [1.54, 1.807) is 13.8 Å². The summed E-state index contributed by atoms with van der Waals surface area (Å²) in [6, 6.07) is 0. The summed E-state index contributed by atoms with van der Waals surface area (Å²) in [6.45, 7) is 6.06. The molecule has 0 amide bonds. The third-order valence-corrected chi connectivity index (χ3v) is 5.19. The van der Waals surface area contributed by atoms with Crippen molar-refractivity contribution in [2.24, 2.45) is 11.3 Å². The smallest absolute Gasteiger partial charge is 0.323 e. The minimum Gasteiger partial charge on any atom is -0.465 e. The largest absolute Gasteiger partial charge is 0.465 e. The van der Waals surface area contributed by atoms with Crippen LogP contribution in [0.3, 0.4) is 0 Å². The first-order valence-electron chi connectivity index (χ1n) is 9.26. The minimum atomic E-state index is -1.18. The van der Waals surface area contributed by atoms with Gasteiger partial charge in [-0.1, -0.05) is 29.7 Å². The highest BCUT2D eigenvalue weighted by Crippen LogP contribution is 2.48. The van der Waals surface area contributed by atoms with Gasteiger partial charge in [0.2, 0.25) is 0 Å². The standard InChI is InChI=1S/C20H30O4/c1-4-16-13-20(18(21)23-5-2,19(22)24-6-3)14-17(16)12-15-10-8-7-9-11-15/h4,12,17H,5-11,13-14H2,1-3H3/b16-4+. The number of allylic oxidation sites excluding steroid dienone is 4. The van der Waals surface area contributed by atoms with Gasteiger partial charge in [0.15, 0.2) is 5.41 Å². The van der Waals surface area contributed by atoms with Crippen LogP contribution in [0, 0.1) is 11.3 Å². The summed E-state index contributed by atoms with van der Waals surface area (Å²) in [5.41, 5.74) is 1.44. The summed E-state index contributed by atoms with van der Waals surface area (Å²) in [6.07, 6.45) is 11.3. The van der Waals surface area contributed by atoms with Crippen LogP contribution in [0.4, 0.5) is 0 Å². The van der Waals surface area contributed by atoms with Crippen LogP contribution in [0.1, 0.15) is 65.7 Å². The van der Waals surface area contributed by atoms with Gasteiger partial charge in [0, 0.05) is 0 Å². The number of carbonyl (C=O) groups excluding carboxylic acids is 2. The van der Waals surface area contributed by atoms with Crippen LogP contribution in [0.15, 0.2) is 23.3 Å². The van der Waals surface area contributed by atoms with Crippen molar-refractivity contribution >= 4 is 11.9 Å². The van der Waals surface area contributed by atoms with E-state index in [2.05, 4.69) is 6.08 Å². The monoisotopic (exact) mass is 334 g/mol. The molecule has 1 atom stereocenters. The van der Waals surface area contributed by atoms with Crippen molar-refractivity contribution in [1.29, 1.82) is 0 Å². The number of esters is 2. The molecule has 1 unspecified atom stereocenters. The molecule has 24 heavy (non-hydrogen) atoms. The number of hydrogen-bond acceptors (Lipinski definition) is 4. The first kappa shape index (κ1) is 18.8. The molecule has 0 aromatic rings. The van der Waals surface area contributed by atoms with Crippen molar-refractivity contribution in [3.8, 4) is 0 Å². The fourth-order valence-corrected chi connectivity index (χ4v) is 3.93. The molecule has 2 aliphatic rings. The maximum absolute atomic E-state index is 12.6. The van der Waals surface area contributed by atoms with E-state index >= 15 is 0 Å². The second-order valence-electron chi connectivity index (χ2n) is 6.76.